The van der Waals surface area contributed by atoms with Gasteiger partial charge in [0.15, 0.2) is 0 Å². The predicted molar refractivity (Wildman–Crippen MR) is 79.7 cm³/mol. The van der Waals surface area contributed by atoms with Crippen LogP contribution in [-0.2, 0) is 22.6 Å². The number of rotatable bonds is 2. The fourth-order valence-corrected chi connectivity index (χ4v) is 4.40. The zero-order chi connectivity index (χ0) is 14.6. The number of hydrogen-bond donors (Lipinski definition) is 0. The largest absolute Gasteiger partial charge is 0.493 e. The molecule has 1 saturated heterocycles. The van der Waals surface area contributed by atoms with Gasteiger partial charge in [0.1, 0.15) is 5.75 Å². The molecule has 4 rings (SSSR count). The summed E-state index contributed by atoms with van der Waals surface area (Å²) in [5, 5.41) is 0. The summed E-state index contributed by atoms with van der Waals surface area (Å²) >= 11 is 3.50. The van der Waals surface area contributed by atoms with E-state index in [4.69, 9.17) is 4.74 Å². The van der Waals surface area contributed by atoms with Crippen LogP contribution in [-0.4, -0.2) is 23.3 Å². The van der Waals surface area contributed by atoms with Crippen LogP contribution in [0.5, 0.6) is 5.75 Å². The lowest BCUT2D eigenvalue weighted by molar-refractivity contribution is -0.141. The van der Waals surface area contributed by atoms with Gasteiger partial charge < -0.3 is 4.74 Å². The van der Waals surface area contributed by atoms with E-state index in [1.165, 1.54) is 4.90 Å². The number of fused-ring (bicyclic) bond motifs is 2. The van der Waals surface area contributed by atoms with Crippen LogP contribution in [0.2, 0.25) is 0 Å². The quantitative estimate of drug-likeness (QED) is 0.771. The van der Waals surface area contributed by atoms with Gasteiger partial charge in [-0.15, -0.1) is 0 Å². The maximum Gasteiger partial charge on any atom is 0.233 e. The van der Waals surface area contributed by atoms with Gasteiger partial charge in [0.2, 0.25) is 11.8 Å². The molecular formula is C16H16BrNO3. The highest BCUT2D eigenvalue weighted by Gasteiger charge is 2.49. The first-order valence-electron chi connectivity index (χ1n) is 7.44. The van der Waals surface area contributed by atoms with Crippen molar-refractivity contribution in [2.45, 2.75) is 32.2 Å². The molecule has 0 aromatic heterocycles. The third-order valence-corrected chi connectivity index (χ3v) is 5.29. The van der Waals surface area contributed by atoms with Crippen molar-refractivity contribution < 1.29 is 14.3 Å². The minimum atomic E-state index is -0.0707. The molecule has 2 heterocycles. The summed E-state index contributed by atoms with van der Waals surface area (Å²) in [6.45, 7) is 1.01. The lowest BCUT2D eigenvalue weighted by Crippen LogP contribution is -2.31. The first-order chi connectivity index (χ1) is 10.1. The minimum absolute atomic E-state index is 0.00854. The van der Waals surface area contributed by atoms with Crippen molar-refractivity contribution in [3.05, 3.63) is 27.7 Å². The third kappa shape index (κ3) is 2.01. The fourth-order valence-electron chi connectivity index (χ4n) is 3.85. The average Bonchev–Trinajstić information content (AvgIpc) is 3.14. The zero-order valence-corrected chi connectivity index (χ0v) is 13.2. The Balaban J connectivity index is 1.65. The summed E-state index contributed by atoms with van der Waals surface area (Å²) in [6.07, 6.45) is 3.60. The Bertz CT molecular complexity index is 621. The summed E-state index contributed by atoms with van der Waals surface area (Å²) in [5.74, 6) is 0.733. The second-order valence-electron chi connectivity index (χ2n) is 6.06. The van der Waals surface area contributed by atoms with E-state index in [9.17, 15) is 9.59 Å². The normalized spacial score (nSPS) is 27.0. The average molecular weight is 350 g/mol. The number of nitrogens with zero attached hydrogens (tertiary/aromatic N) is 1. The molecule has 1 aromatic carbocycles. The number of benzene rings is 1. The summed E-state index contributed by atoms with van der Waals surface area (Å²) < 4.78 is 6.66. The lowest BCUT2D eigenvalue weighted by atomic mass is 10.00. The van der Waals surface area contributed by atoms with Crippen molar-refractivity contribution in [3.63, 3.8) is 0 Å². The van der Waals surface area contributed by atoms with Crippen LogP contribution in [0.1, 0.15) is 30.4 Å². The third-order valence-electron chi connectivity index (χ3n) is 4.84. The second kappa shape index (κ2) is 4.83. The molecule has 1 aromatic rings. The predicted octanol–water partition coefficient (Wildman–Crippen LogP) is 2.67. The first-order valence-corrected chi connectivity index (χ1v) is 8.24. The molecule has 2 amide bonds. The molecule has 2 atom stereocenters. The van der Waals surface area contributed by atoms with E-state index in [1.807, 2.05) is 12.1 Å². The highest BCUT2D eigenvalue weighted by molar-refractivity contribution is 9.10. The first kappa shape index (κ1) is 13.3. The highest BCUT2D eigenvalue weighted by Crippen LogP contribution is 2.41. The van der Waals surface area contributed by atoms with Crippen molar-refractivity contribution in [1.82, 2.24) is 4.90 Å². The zero-order valence-electron chi connectivity index (χ0n) is 11.6. The van der Waals surface area contributed by atoms with Gasteiger partial charge in [0.05, 0.1) is 25.0 Å². The van der Waals surface area contributed by atoms with Crippen LogP contribution in [0.15, 0.2) is 16.6 Å². The molecule has 21 heavy (non-hydrogen) atoms. The van der Waals surface area contributed by atoms with E-state index in [1.54, 1.807) is 0 Å². The topological polar surface area (TPSA) is 46.6 Å². The van der Waals surface area contributed by atoms with Gasteiger partial charge in [-0.1, -0.05) is 22.4 Å². The Morgan fingerprint density at radius 2 is 1.90 bits per heavy atom. The van der Waals surface area contributed by atoms with Crippen LogP contribution >= 0.6 is 15.9 Å². The van der Waals surface area contributed by atoms with Crippen LogP contribution in [0.3, 0.4) is 0 Å². The summed E-state index contributed by atoms with van der Waals surface area (Å²) in [6, 6.07) is 4.01. The lowest BCUT2D eigenvalue weighted by Gasteiger charge is -2.18. The number of likely N-dealkylation sites (tertiary alicyclic amines) is 1. The molecule has 3 aliphatic rings. The smallest absolute Gasteiger partial charge is 0.233 e. The number of hydrogen-bond acceptors (Lipinski definition) is 3. The molecule has 1 aliphatic carbocycles. The molecule has 1 saturated carbocycles. The van der Waals surface area contributed by atoms with Crippen molar-refractivity contribution in [2.24, 2.45) is 11.8 Å². The van der Waals surface area contributed by atoms with Crippen LogP contribution < -0.4 is 4.74 Å². The number of amides is 2. The monoisotopic (exact) mass is 349 g/mol. The van der Waals surface area contributed by atoms with Crippen molar-refractivity contribution >= 4 is 27.7 Å². The molecule has 0 radical (unpaired) electrons. The molecule has 0 spiro atoms. The summed E-state index contributed by atoms with van der Waals surface area (Å²) in [5.41, 5.74) is 2.08. The molecule has 2 fully saturated rings. The highest BCUT2D eigenvalue weighted by atomic mass is 79.9. The maximum atomic E-state index is 12.4. The Morgan fingerprint density at radius 3 is 2.62 bits per heavy atom. The van der Waals surface area contributed by atoms with Gasteiger partial charge >= 0.3 is 0 Å². The molecule has 5 heteroatoms. The van der Waals surface area contributed by atoms with E-state index < -0.39 is 0 Å². The van der Waals surface area contributed by atoms with Gasteiger partial charge in [0, 0.05) is 16.5 Å². The Kier molecular flexibility index (Phi) is 3.06. The Hall–Kier alpha value is -1.36. The van der Waals surface area contributed by atoms with E-state index in [0.29, 0.717) is 13.2 Å². The second-order valence-corrected chi connectivity index (χ2v) is 6.97. The minimum Gasteiger partial charge on any atom is -0.493 e. The summed E-state index contributed by atoms with van der Waals surface area (Å²) in [4.78, 5) is 26.3. The molecule has 4 nitrogen and oxygen atoms in total. The maximum absolute atomic E-state index is 12.4. The molecule has 2 aliphatic heterocycles. The SMILES string of the molecule is O=C1C2CCCC2C(=O)N1Cc1cc(Br)cc2c1OCC2. The molecule has 110 valence electrons. The Labute approximate surface area is 131 Å². The number of imide groups is 1. The van der Waals surface area contributed by atoms with Gasteiger partial charge in [0.25, 0.3) is 0 Å². The van der Waals surface area contributed by atoms with E-state index in [0.717, 1.165) is 47.0 Å². The van der Waals surface area contributed by atoms with Crippen molar-refractivity contribution in [1.29, 1.82) is 0 Å². The van der Waals surface area contributed by atoms with Crippen molar-refractivity contribution in [2.75, 3.05) is 6.61 Å². The van der Waals surface area contributed by atoms with E-state index in [-0.39, 0.29) is 23.7 Å². The van der Waals surface area contributed by atoms with Crippen molar-refractivity contribution in [3.8, 4) is 5.75 Å². The number of ether oxygens (including phenoxy) is 1. The van der Waals surface area contributed by atoms with Crippen LogP contribution in [0.4, 0.5) is 0 Å². The van der Waals surface area contributed by atoms with Crippen LogP contribution in [0, 0.1) is 11.8 Å². The number of halogens is 1. The number of carbonyl (C=O) groups excluding carboxylic acids is 2. The summed E-state index contributed by atoms with van der Waals surface area (Å²) in [7, 11) is 0. The molecule has 0 bridgehead atoms. The van der Waals surface area contributed by atoms with Gasteiger partial charge in [-0.2, -0.15) is 0 Å². The standard InChI is InChI=1S/C16H16BrNO3/c17-11-6-9-4-5-21-14(9)10(7-11)8-18-15(19)12-2-1-3-13(12)16(18)20/h6-7,12-13H,1-5,8H2. The molecular weight excluding hydrogens is 334 g/mol. The molecule has 0 N–H and O–H groups in total. The number of carbonyl (C=O) groups is 2. The van der Waals surface area contributed by atoms with E-state index in [2.05, 4.69) is 15.9 Å². The van der Waals surface area contributed by atoms with Gasteiger partial charge in [-0.05, 0) is 30.5 Å². The Morgan fingerprint density at radius 1 is 1.19 bits per heavy atom. The fraction of sp³-hybridized carbons (Fsp3) is 0.500. The van der Waals surface area contributed by atoms with Crippen LogP contribution in [0.25, 0.3) is 0 Å². The molecule has 2 unspecified atom stereocenters. The van der Waals surface area contributed by atoms with E-state index >= 15 is 0 Å². The van der Waals surface area contributed by atoms with Gasteiger partial charge in [-0.25, -0.2) is 0 Å². The van der Waals surface area contributed by atoms with Gasteiger partial charge in [-0.3, -0.25) is 14.5 Å².